The van der Waals surface area contributed by atoms with Crippen LogP contribution in [0.3, 0.4) is 0 Å². The van der Waals surface area contributed by atoms with Gasteiger partial charge in [-0.1, -0.05) is 0 Å². The number of amides is 1. The zero-order chi connectivity index (χ0) is 19.8. The van der Waals surface area contributed by atoms with Crippen molar-refractivity contribution < 1.29 is 27.5 Å². The molecule has 0 N–H and O–H groups in total. The van der Waals surface area contributed by atoms with Gasteiger partial charge in [0.25, 0.3) is 5.91 Å². The van der Waals surface area contributed by atoms with Gasteiger partial charge in [0.1, 0.15) is 6.10 Å². The van der Waals surface area contributed by atoms with Gasteiger partial charge in [-0.15, -0.1) is 0 Å². The van der Waals surface area contributed by atoms with E-state index in [0.717, 1.165) is 12.3 Å². The van der Waals surface area contributed by atoms with Crippen molar-refractivity contribution in [1.82, 2.24) is 14.8 Å². The first kappa shape index (κ1) is 19.6. The van der Waals surface area contributed by atoms with Gasteiger partial charge in [0, 0.05) is 32.3 Å². The number of alkyl halides is 3. The molecule has 1 atom stereocenters. The van der Waals surface area contributed by atoms with Crippen LogP contribution < -0.4 is 0 Å². The zero-order valence-corrected chi connectivity index (χ0v) is 15.3. The standard InChI is InChI=1S/C18H22F3N3O3/c1-23(2)11-12-10-17(16(26)27-12)5-8-24(9-6-17)15(25)13-4-3-7-22-14(13)18(19,20)21/h3-4,7,12H,5-6,8-11H2,1-2H3. The number of nitrogens with zero attached hydrogens (tertiary/aromatic N) is 3. The van der Waals surface area contributed by atoms with Crippen LogP contribution in [0.4, 0.5) is 13.2 Å². The lowest BCUT2D eigenvalue weighted by molar-refractivity contribution is -0.150. The zero-order valence-electron chi connectivity index (χ0n) is 15.3. The lowest BCUT2D eigenvalue weighted by Gasteiger charge is -2.36. The average molecular weight is 385 g/mol. The van der Waals surface area contributed by atoms with E-state index in [2.05, 4.69) is 4.98 Å². The molecule has 0 bridgehead atoms. The van der Waals surface area contributed by atoms with Gasteiger partial charge in [-0.3, -0.25) is 14.6 Å². The summed E-state index contributed by atoms with van der Waals surface area (Å²) >= 11 is 0. The summed E-state index contributed by atoms with van der Waals surface area (Å²) in [5, 5.41) is 0. The lowest BCUT2D eigenvalue weighted by Crippen LogP contribution is -2.45. The number of hydrogen-bond donors (Lipinski definition) is 0. The molecule has 1 unspecified atom stereocenters. The Morgan fingerprint density at radius 1 is 1.37 bits per heavy atom. The van der Waals surface area contributed by atoms with Crippen LogP contribution in [0.2, 0.25) is 0 Å². The molecule has 1 aromatic rings. The van der Waals surface area contributed by atoms with Crippen LogP contribution in [-0.4, -0.2) is 66.5 Å². The summed E-state index contributed by atoms with van der Waals surface area (Å²) < 4.78 is 44.8. The molecule has 0 saturated carbocycles. The second kappa shape index (κ2) is 7.10. The SMILES string of the molecule is CN(C)CC1CC2(CCN(C(=O)c3cccnc3C(F)(F)F)CC2)C(=O)O1. The molecule has 6 nitrogen and oxygen atoms in total. The second-order valence-corrected chi connectivity index (χ2v) is 7.46. The van der Waals surface area contributed by atoms with Crippen molar-refractivity contribution >= 4 is 11.9 Å². The third-order valence-corrected chi connectivity index (χ3v) is 5.21. The number of hydrogen-bond acceptors (Lipinski definition) is 5. The molecular weight excluding hydrogens is 363 g/mol. The van der Waals surface area contributed by atoms with Crippen molar-refractivity contribution in [3.8, 4) is 0 Å². The van der Waals surface area contributed by atoms with Crippen LogP contribution in [0, 0.1) is 5.41 Å². The number of ether oxygens (including phenoxy) is 1. The highest BCUT2D eigenvalue weighted by Crippen LogP contribution is 2.43. The minimum atomic E-state index is -4.70. The summed E-state index contributed by atoms with van der Waals surface area (Å²) in [6.45, 7) is 1.06. The van der Waals surface area contributed by atoms with E-state index in [1.807, 2.05) is 19.0 Å². The molecular formula is C18H22F3N3O3. The maximum atomic E-state index is 13.1. The minimum absolute atomic E-state index is 0.190. The first-order valence-corrected chi connectivity index (χ1v) is 8.80. The number of piperidine rings is 1. The Bertz CT molecular complexity index is 728. The number of pyridine rings is 1. The molecule has 1 spiro atoms. The van der Waals surface area contributed by atoms with Crippen LogP contribution in [-0.2, 0) is 15.7 Å². The molecule has 2 fully saturated rings. The molecule has 0 aliphatic carbocycles. The Morgan fingerprint density at radius 2 is 2.04 bits per heavy atom. The van der Waals surface area contributed by atoms with E-state index in [9.17, 15) is 22.8 Å². The normalized spacial score (nSPS) is 22.4. The summed E-state index contributed by atoms with van der Waals surface area (Å²) in [5.74, 6) is -0.972. The molecule has 0 aromatic carbocycles. The first-order valence-electron chi connectivity index (χ1n) is 8.80. The van der Waals surface area contributed by atoms with Crippen molar-refractivity contribution in [3.05, 3.63) is 29.6 Å². The monoisotopic (exact) mass is 385 g/mol. The van der Waals surface area contributed by atoms with Crippen molar-refractivity contribution in [3.63, 3.8) is 0 Å². The Balaban J connectivity index is 1.70. The molecule has 0 radical (unpaired) electrons. The highest BCUT2D eigenvalue weighted by atomic mass is 19.4. The molecule has 3 rings (SSSR count). The number of esters is 1. The Labute approximate surface area is 155 Å². The lowest BCUT2D eigenvalue weighted by atomic mass is 9.76. The van der Waals surface area contributed by atoms with E-state index >= 15 is 0 Å². The van der Waals surface area contributed by atoms with Crippen molar-refractivity contribution in [1.29, 1.82) is 0 Å². The predicted octanol–water partition coefficient (Wildman–Crippen LogP) is 2.20. The largest absolute Gasteiger partial charge is 0.461 e. The molecule has 2 aliphatic heterocycles. The number of halogens is 3. The number of carbonyl (C=O) groups excluding carboxylic acids is 2. The van der Waals surface area contributed by atoms with Crippen LogP contribution in [0.1, 0.15) is 35.3 Å². The number of likely N-dealkylation sites (N-methyl/N-ethyl adjacent to an activating group) is 1. The van der Waals surface area contributed by atoms with Crippen molar-refractivity contribution in [2.45, 2.75) is 31.5 Å². The Hall–Kier alpha value is -2.16. The second-order valence-electron chi connectivity index (χ2n) is 7.46. The molecule has 2 saturated heterocycles. The fraction of sp³-hybridized carbons (Fsp3) is 0.611. The van der Waals surface area contributed by atoms with Gasteiger partial charge in [0.2, 0.25) is 0 Å². The predicted molar refractivity (Wildman–Crippen MR) is 89.9 cm³/mol. The highest BCUT2D eigenvalue weighted by Gasteiger charge is 2.51. The fourth-order valence-electron chi connectivity index (χ4n) is 3.87. The van der Waals surface area contributed by atoms with Gasteiger partial charge in [-0.25, -0.2) is 0 Å². The van der Waals surface area contributed by atoms with E-state index < -0.39 is 28.8 Å². The smallest absolute Gasteiger partial charge is 0.434 e. The number of cyclic esters (lactones) is 1. The molecule has 9 heteroatoms. The summed E-state index contributed by atoms with van der Waals surface area (Å²) in [4.78, 5) is 31.6. The third-order valence-electron chi connectivity index (χ3n) is 5.21. The first-order chi connectivity index (χ1) is 12.6. The Kier molecular flexibility index (Phi) is 5.16. The topological polar surface area (TPSA) is 62.7 Å². The summed E-state index contributed by atoms with van der Waals surface area (Å²) in [5.41, 5.74) is -2.28. The minimum Gasteiger partial charge on any atom is -0.461 e. The fourth-order valence-corrected chi connectivity index (χ4v) is 3.87. The number of likely N-dealkylation sites (tertiary alicyclic amines) is 1. The number of rotatable bonds is 3. The Morgan fingerprint density at radius 3 is 2.63 bits per heavy atom. The molecule has 148 valence electrons. The van der Waals surface area contributed by atoms with Gasteiger partial charge in [-0.05, 0) is 39.1 Å². The van der Waals surface area contributed by atoms with Gasteiger partial charge in [0.15, 0.2) is 5.69 Å². The molecule has 3 heterocycles. The van der Waals surface area contributed by atoms with Crippen molar-refractivity contribution in [2.75, 3.05) is 33.7 Å². The summed E-state index contributed by atoms with van der Waals surface area (Å²) in [7, 11) is 3.79. The van der Waals surface area contributed by atoms with E-state index in [-0.39, 0.29) is 25.2 Å². The molecule has 2 aliphatic rings. The van der Waals surface area contributed by atoms with Gasteiger partial charge in [0.05, 0.1) is 11.0 Å². The van der Waals surface area contributed by atoms with Gasteiger partial charge < -0.3 is 14.5 Å². The summed E-state index contributed by atoms with van der Waals surface area (Å²) in [6, 6.07) is 2.45. The van der Waals surface area contributed by atoms with E-state index in [0.29, 0.717) is 25.8 Å². The van der Waals surface area contributed by atoms with Gasteiger partial charge in [-0.2, -0.15) is 13.2 Å². The number of carbonyl (C=O) groups is 2. The average Bonchev–Trinajstić information content (AvgIpc) is 2.88. The molecule has 27 heavy (non-hydrogen) atoms. The van der Waals surface area contributed by atoms with Crippen molar-refractivity contribution in [2.24, 2.45) is 5.41 Å². The van der Waals surface area contributed by atoms with Crippen LogP contribution >= 0.6 is 0 Å². The van der Waals surface area contributed by atoms with E-state index in [4.69, 9.17) is 4.74 Å². The molecule has 1 aromatic heterocycles. The van der Waals surface area contributed by atoms with E-state index in [1.165, 1.54) is 11.0 Å². The van der Waals surface area contributed by atoms with Crippen LogP contribution in [0.15, 0.2) is 18.3 Å². The van der Waals surface area contributed by atoms with Crippen LogP contribution in [0.25, 0.3) is 0 Å². The third kappa shape index (κ3) is 3.92. The van der Waals surface area contributed by atoms with Crippen LogP contribution in [0.5, 0.6) is 0 Å². The highest BCUT2D eigenvalue weighted by molar-refractivity contribution is 5.95. The number of aromatic nitrogens is 1. The van der Waals surface area contributed by atoms with E-state index in [1.54, 1.807) is 0 Å². The summed E-state index contributed by atoms with van der Waals surface area (Å²) in [6.07, 6.45) is -2.51. The maximum absolute atomic E-state index is 13.1. The molecule has 1 amide bonds. The maximum Gasteiger partial charge on any atom is 0.434 e. The van der Waals surface area contributed by atoms with Gasteiger partial charge >= 0.3 is 12.1 Å². The quantitative estimate of drug-likeness (QED) is 0.747.